The molecule has 2 N–H and O–H groups in total. The zero-order chi connectivity index (χ0) is 10.9. The number of anilines is 1. The Morgan fingerprint density at radius 2 is 1.86 bits per heavy atom. The minimum atomic E-state index is -0.888. The summed E-state index contributed by atoms with van der Waals surface area (Å²) >= 11 is 0. The van der Waals surface area contributed by atoms with Crippen molar-refractivity contribution in [3.05, 3.63) is 28.3 Å². The van der Waals surface area contributed by atoms with Crippen molar-refractivity contribution >= 4 is 11.7 Å². The van der Waals surface area contributed by atoms with Gasteiger partial charge in [0.15, 0.2) is 0 Å². The fourth-order valence-corrected chi connectivity index (χ4v) is 1.57. The van der Waals surface area contributed by atoms with Crippen molar-refractivity contribution in [1.82, 2.24) is 0 Å². The molecule has 0 saturated carbocycles. The van der Waals surface area contributed by atoms with Gasteiger partial charge in [0.25, 0.3) is 0 Å². The largest absolute Gasteiger partial charge is 0.478 e. The van der Waals surface area contributed by atoms with Crippen LogP contribution < -0.4 is 5.32 Å². The summed E-state index contributed by atoms with van der Waals surface area (Å²) in [6.07, 6.45) is 0. The molecule has 0 radical (unpaired) electrons. The van der Waals surface area contributed by atoms with E-state index in [1.807, 2.05) is 20.8 Å². The van der Waals surface area contributed by atoms with Gasteiger partial charge in [0, 0.05) is 7.05 Å². The van der Waals surface area contributed by atoms with Gasteiger partial charge in [0.1, 0.15) is 0 Å². The lowest BCUT2D eigenvalue weighted by molar-refractivity contribution is 0.0697. The number of hydrogen-bond donors (Lipinski definition) is 2. The van der Waals surface area contributed by atoms with Crippen molar-refractivity contribution in [2.75, 3.05) is 12.4 Å². The van der Waals surface area contributed by atoms with Crippen molar-refractivity contribution in [3.8, 4) is 0 Å². The van der Waals surface area contributed by atoms with E-state index in [4.69, 9.17) is 5.11 Å². The average Bonchev–Trinajstić information content (AvgIpc) is 2.13. The number of nitrogens with one attached hydrogen (secondary N) is 1. The molecule has 0 heterocycles. The van der Waals surface area contributed by atoms with Crippen LogP contribution in [0.5, 0.6) is 0 Å². The van der Waals surface area contributed by atoms with Crippen molar-refractivity contribution < 1.29 is 9.90 Å². The van der Waals surface area contributed by atoms with Gasteiger partial charge in [-0.2, -0.15) is 0 Å². The standard InChI is InChI=1S/C11H15NO2/c1-6-5-9(11(13)14)10(12-4)8(3)7(6)2/h5,12H,1-4H3,(H,13,14). The molecular weight excluding hydrogens is 178 g/mol. The maximum absolute atomic E-state index is 11.0. The van der Waals surface area contributed by atoms with E-state index in [0.29, 0.717) is 11.3 Å². The summed E-state index contributed by atoms with van der Waals surface area (Å²) in [5.41, 5.74) is 4.21. The molecule has 1 rings (SSSR count). The molecule has 76 valence electrons. The van der Waals surface area contributed by atoms with Crippen molar-refractivity contribution in [2.45, 2.75) is 20.8 Å². The predicted octanol–water partition coefficient (Wildman–Crippen LogP) is 2.35. The highest BCUT2D eigenvalue weighted by atomic mass is 16.4. The fraction of sp³-hybridized carbons (Fsp3) is 0.364. The van der Waals surface area contributed by atoms with Crippen LogP contribution >= 0.6 is 0 Å². The predicted molar refractivity (Wildman–Crippen MR) is 57.2 cm³/mol. The molecule has 0 spiro atoms. The Hall–Kier alpha value is -1.51. The minimum Gasteiger partial charge on any atom is -0.478 e. The van der Waals surface area contributed by atoms with Crippen LogP contribution in [0.2, 0.25) is 0 Å². The topological polar surface area (TPSA) is 49.3 Å². The van der Waals surface area contributed by atoms with Gasteiger partial charge in [-0.15, -0.1) is 0 Å². The Morgan fingerprint density at radius 1 is 1.29 bits per heavy atom. The summed E-state index contributed by atoms with van der Waals surface area (Å²) < 4.78 is 0. The Bertz CT molecular complexity index is 383. The zero-order valence-electron chi connectivity index (χ0n) is 8.93. The molecule has 0 aliphatic carbocycles. The summed E-state index contributed by atoms with van der Waals surface area (Å²) in [7, 11) is 1.74. The Balaban J connectivity index is 3.51. The van der Waals surface area contributed by atoms with E-state index in [0.717, 1.165) is 16.7 Å². The van der Waals surface area contributed by atoms with E-state index in [1.54, 1.807) is 13.1 Å². The van der Waals surface area contributed by atoms with Gasteiger partial charge in [-0.1, -0.05) is 0 Å². The van der Waals surface area contributed by atoms with Crippen molar-refractivity contribution in [3.63, 3.8) is 0 Å². The molecule has 0 fully saturated rings. The van der Waals surface area contributed by atoms with Gasteiger partial charge in [0.05, 0.1) is 11.3 Å². The molecule has 0 saturated heterocycles. The lowest BCUT2D eigenvalue weighted by Crippen LogP contribution is -2.06. The van der Waals surface area contributed by atoms with Crippen LogP contribution in [0.15, 0.2) is 6.07 Å². The van der Waals surface area contributed by atoms with Crippen molar-refractivity contribution in [1.29, 1.82) is 0 Å². The lowest BCUT2D eigenvalue weighted by Gasteiger charge is -2.14. The second-order valence-corrected chi connectivity index (χ2v) is 3.42. The van der Waals surface area contributed by atoms with E-state index in [2.05, 4.69) is 5.32 Å². The highest BCUT2D eigenvalue weighted by Crippen LogP contribution is 2.26. The van der Waals surface area contributed by atoms with Gasteiger partial charge < -0.3 is 10.4 Å². The number of carbonyl (C=O) groups is 1. The summed E-state index contributed by atoms with van der Waals surface area (Å²) in [6.45, 7) is 5.85. The number of carboxylic acid groups (broad SMARTS) is 1. The SMILES string of the molecule is CNc1c(C(=O)O)cc(C)c(C)c1C. The van der Waals surface area contributed by atoms with Gasteiger partial charge in [-0.05, 0) is 43.5 Å². The molecule has 0 atom stereocenters. The van der Waals surface area contributed by atoms with Gasteiger partial charge in [-0.3, -0.25) is 0 Å². The molecule has 0 aliphatic heterocycles. The van der Waals surface area contributed by atoms with Crippen LogP contribution in [0.4, 0.5) is 5.69 Å². The maximum atomic E-state index is 11.0. The van der Waals surface area contributed by atoms with Crippen LogP contribution in [0.1, 0.15) is 27.0 Å². The van der Waals surface area contributed by atoms with Crippen LogP contribution in [0, 0.1) is 20.8 Å². The Labute approximate surface area is 83.8 Å². The molecule has 14 heavy (non-hydrogen) atoms. The Morgan fingerprint density at radius 3 is 2.29 bits per heavy atom. The van der Waals surface area contributed by atoms with Crippen LogP contribution in [0.3, 0.4) is 0 Å². The first-order chi connectivity index (χ1) is 6.49. The molecule has 1 aromatic rings. The minimum absolute atomic E-state index is 0.341. The van der Waals surface area contributed by atoms with Gasteiger partial charge in [-0.25, -0.2) is 4.79 Å². The van der Waals surface area contributed by atoms with Gasteiger partial charge >= 0.3 is 5.97 Å². The first kappa shape index (κ1) is 10.6. The van der Waals surface area contributed by atoms with E-state index < -0.39 is 5.97 Å². The zero-order valence-corrected chi connectivity index (χ0v) is 8.93. The number of carboxylic acids is 1. The van der Waals surface area contributed by atoms with Gasteiger partial charge in [0.2, 0.25) is 0 Å². The molecule has 3 nitrogen and oxygen atoms in total. The quantitative estimate of drug-likeness (QED) is 0.758. The average molecular weight is 193 g/mol. The van der Waals surface area contributed by atoms with Crippen molar-refractivity contribution in [2.24, 2.45) is 0 Å². The molecule has 3 heteroatoms. The molecule has 0 amide bonds. The monoisotopic (exact) mass is 193 g/mol. The first-order valence-electron chi connectivity index (χ1n) is 4.51. The number of aromatic carboxylic acids is 1. The third-order valence-corrected chi connectivity index (χ3v) is 2.64. The number of hydrogen-bond acceptors (Lipinski definition) is 2. The third-order valence-electron chi connectivity index (χ3n) is 2.64. The van der Waals surface area contributed by atoms with Crippen LogP contribution in [-0.4, -0.2) is 18.1 Å². The summed E-state index contributed by atoms with van der Waals surface area (Å²) in [5.74, 6) is -0.888. The molecular formula is C11H15NO2. The highest BCUT2D eigenvalue weighted by molar-refractivity contribution is 5.95. The Kier molecular flexibility index (Phi) is 2.79. The summed E-state index contributed by atoms with van der Waals surface area (Å²) in [4.78, 5) is 11.0. The highest BCUT2D eigenvalue weighted by Gasteiger charge is 2.14. The first-order valence-corrected chi connectivity index (χ1v) is 4.51. The number of benzene rings is 1. The molecule has 0 unspecified atom stereocenters. The second kappa shape index (κ2) is 3.70. The summed E-state index contributed by atoms with van der Waals surface area (Å²) in [5, 5.41) is 11.9. The van der Waals surface area contributed by atoms with E-state index in [1.165, 1.54) is 0 Å². The number of aryl methyl sites for hydroxylation is 1. The van der Waals surface area contributed by atoms with E-state index in [9.17, 15) is 4.79 Å². The molecule has 0 bridgehead atoms. The fourth-order valence-electron chi connectivity index (χ4n) is 1.57. The van der Waals surface area contributed by atoms with Crippen LogP contribution in [-0.2, 0) is 0 Å². The molecule has 0 aliphatic rings. The van der Waals surface area contributed by atoms with Crippen LogP contribution in [0.25, 0.3) is 0 Å². The normalized spacial score (nSPS) is 10.0. The second-order valence-electron chi connectivity index (χ2n) is 3.42. The lowest BCUT2D eigenvalue weighted by atomic mass is 9.98. The molecule has 0 aromatic heterocycles. The smallest absolute Gasteiger partial charge is 0.337 e. The maximum Gasteiger partial charge on any atom is 0.337 e. The molecule has 1 aromatic carbocycles. The third kappa shape index (κ3) is 1.58. The van der Waals surface area contributed by atoms with E-state index in [-0.39, 0.29) is 0 Å². The summed E-state index contributed by atoms with van der Waals surface area (Å²) in [6, 6.07) is 1.70. The van der Waals surface area contributed by atoms with E-state index >= 15 is 0 Å². The number of rotatable bonds is 2.